The number of aromatic nitrogens is 3. The Hall–Kier alpha value is -3.72. The largest absolute Gasteiger partial charge is 0.497 e. The third-order valence-corrected chi connectivity index (χ3v) is 6.30. The molecule has 0 bridgehead atoms. The second-order valence-electron chi connectivity index (χ2n) is 7.15. The van der Waals surface area contributed by atoms with Crippen molar-refractivity contribution in [1.82, 2.24) is 14.8 Å². The molecule has 32 heavy (non-hydrogen) atoms. The SMILES string of the molecule is COc1ccc(CNc2nc(C)c(-c3ccn(-c4ccc5c(c4)OCO5)n3)s2)c(OC)c1. The summed E-state index contributed by atoms with van der Waals surface area (Å²) in [7, 11) is 3.29. The van der Waals surface area contributed by atoms with E-state index in [4.69, 9.17) is 24.0 Å². The molecule has 0 amide bonds. The van der Waals surface area contributed by atoms with Gasteiger partial charge in [-0.1, -0.05) is 11.3 Å². The summed E-state index contributed by atoms with van der Waals surface area (Å²) in [6, 6.07) is 13.5. The Bertz CT molecular complexity index is 1270. The van der Waals surface area contributed by atoms with Crippen LogP contribution in [-0.2, 0) is 6.54 Å². The first kappa shape index (κ1) is 20.2. The third kappa shape index (κ3) is 3.82. The lowest BCUT2D eigenvalue weighted by Gasteiger charge is -2.10. The minimum Gasteiger partial charge on any atom is -0.497 e. The van der Waals surface area contributed by atoms with Gasteiger partial charge in [-0.05, 0) is 37.3 Å². The van der Waals surface area contributed by atoms with E-state index in [0.29, 0.717) is 6.54 Å². The van der Waals surface area contributed by atoms with E-state index in [-0.39, 0.29) is 6.79 Å². The van der Waals surface area contributed by atoms with E-state index >= 15 is 0 Å². The molecule has 1 aliphatic rings. The van der Waals surface area contributed by atoms with E-state index in [9.17, 15) is 0 Å². The molecule has 0 saturated carbocycles. The van der Waals surface area contributed by atoms with E-state index in [2.05, 4.69) is 10.3 Å². The summed E-state index contributed by atoms with van der Waals surface area (Å²) in [5, 5.41) is 8.96. The summed E-state index contributed by atoms with van der Waals surface area (Å²) in [5.41, 5.74) is 3.73. The predicted octanol–water partition coefficient (Wildman–Crippen LogP) is 4.66. The third-order valence-electron chi connectivity index (χ3n) is 5.16. The molecule has 1 aliphatic heterocycles. The van der Waals surface area contributed by atoms with Gasteiger partial charge in [-0.15, -0.1) is 0 Å². The van der Waals surface area contributed by atoms with E-state index in [1.807, 2.05) is 60.3 Å². The lowest BCUT2D eigenvalue weighted by molar-refractivity contribution is 0.174. The van der Waals surface area contributed by atoms with Gasteiger partial charge in [0.15, 0.2) is 16.6 Å². The highest BCUT2D eigenvalue weighted by atomic mass is 32.1. The van der Waals surface area contributed by atoms with Crippen molar-refractivity contribution in [3.63, 3.8) is 0 Å². The van der Waals surface area contributed by atoms with Crippen LogP contribution in [0.15, 0.2) is 48.7 Å². The van der Waals surface area contributed by atoms with Gasteiger partial charge in [0.2, 0.25) is 6.79 Å². The van der Waals surface area contributed by atoms with Gasteiger partial charge in [-0.3, -0.25) is 0 Å². The molecule has 0 spiro atoms. The highest BCUT2D eigenvalue weighted by molar-refractivity contribution is 7.19. The second kappa shape index (κ2) is 8.43. The van der Waals surface area contributed by atoms with Gasteiger partial charge >= 0.3 is 0 Å². The van der Waals surface area contributed by atoms with Crippen molar-refractivity contribution < 1.29 is 18.9 Å². The number of benzene rings is 2. The Morgan fingerprint density at radius 3 is 2.78 bits per heavy atom. The van der Waals surface area contributed by atoms with Crippen LogP contribution in [0.3, 0.4) is 0 Å². The van der Waals surface area contributed by atoms with Gasteiger partial charge in [-0.25, -0.2) is 9.67 Å². The average molecular weight is 451 g/mol. The first-order valence-electron chi connectivity index (χ1n) is 10.0. The topological polar surface area (TPSA) is 79.7 Å². The smallest absolute Gasteiger partial charge is 0.231 e. The maximum atomic E-state index is 5.48. The summed E-state index contributed by atoms with van der Waals surface area (Å²) in [6.45, 7) is 2.83. The molecule has 0 aliphatic carbocycles. The fourth-order valence-corrected chi connectivity index (χ4v) is 4.42. The van der Waals surface area contributed by atoms with Gasteiger partial charge in [0.1, 0.15) is 17.2 Å². The molecule has 0 saturated heterocycles. The van der Waals surface area contributed by atoms with Crippen LogP contribution >= 0.6 is 11.3 Å². The maximum Gasteiger partial charge on any atom is 0.231 e. The zero-order valence-electron chi connectivity index (χ0n) is 17.9. The molecule has 5 rings (SSSR count). The molecule has 0 unspecified atom stereocenters. The van der Waals surface area contributed by atoms with Crippen molar-refractivity contribution in [2.24, 2.45) is 0 Å². The van der Waals surface area contributed by atoms with Crippen molar-refractivity contribution in [2.75, 3.05) is 26.3 Å². The molecular formula is C23H22N4O4S. The highest BCUT2D eigenvalue weighted by Crippen LogP contribution is 2.35. The molecule has 9 heteroatoms. The number of hydrogen-bond acceptors (Lipinski definition) is 8. The average Bonchev–Trinajstić information content (AvgIpc) is 3.56. The lowest BCUT2D eigenvalue weighted by atomic mass is 10.2. The summed E-state index contributed by atoms with van der Waals surface area (Å²) in [6.07, 6.45) is 1.93. The molecule has 3 heterocycles. The number of nitrogens with one attached hydrogen (secondary N) is 1. The molecule has 0 fully saturated rings. The fraction of sp³-hybridized carbons (Fsp3) is 0.217. The normalized spacial score (nSPS) is 12.1. The Morgan fingerprint density at radius 1 is 1.06 bits per heavy atom. The van der Waals surface area contributed by atoms with Crippen molar-refractivity contribution in [1.29, 1.82) is 0 Å². The number of nitrogens with zero attached hydrogens (tertiary/aromatic N) is 3. The molecule has 164 valence electrons. The van der Waals surface area contributed by atoms with Crippen molar-refractivity contribution in [2.45, 2.75) is 13.5 Å². The molecular weight excluding hydrogens is 428 g/mol. The van der Waals surface area contributed by atoms with Gasteiger partial charge in [0.25, 0.3) is 0 Å². The van der Waals surface area contributed by atoms with Crippen molar-refractivity contribution in [3.8, 4) is 39.3 Å². The number of aryl methyl sites for hydroxylation is 1. The van der Waals surface area contributed by atoms with E-state index in [1.165, 1.54) is 0 Å². The van der Waals surface area contributed by atoms with Crippen molar-refractivity contribution >= 4 is 16.5 Å². The van der Waals surface area contributed by atoms with Crippen LogP contribution < -0.4 is 24.3 Å². The molecule has 4 aromatic rings. The zero-order chi connectivity index (χ0) is 22.1. The monoisotopic (exact) mass is 450 g/mol. The van der Waals surface area contributed by atoms with Gasteiger partial charge in [0, 0.05) is 30.4 Å². The summed E-state index contributed by atoms with van der Waals surface area (Å²) in [5.74, 6) is 3.02. The van der Waals surface area contributed by atoms with Crippen LogP contribution in [0.4, 0.5) is 5.13 Å². The molecule has 0 radical (unpaired) electrons. The summed E-state index contributed by atoms with van der Waals surface area (Å²) in [4.78, 5) is 5.70. The van der Waals surface area contributed by atoms with Gasteiger partial charge in [0.05, 0.1) is 30.5 Å². The molecule has 0 atom stereocenters. The Morgan fingerprint density at radius 2 is 1.94 bits per heavy atom. The minimum absolute atomic E-state index is 0.251. The zero-order valence-corrected chi connectivity index (χ0v) is 18.7. The quantitative estimate of drug-likeness (QED) is 0.439. The number of anilines is 1. The Balaban J connectivity index is 1.33. The maximum absolute atomic E-state index is 5.48. The van der Waals surface area contributed by atoms with Crippen LogP contribution in [0.25, 0.3) is 16.3 Å². The number of hydrogen-bond donors (Lipinski definition) is 1. The molecule has 1 N–H and O–H groups in total. The van der Waals surface area contributed by atoms with Crippen LogP contribution in [0.1, 0.15) is 11.3 Å². The number of rotatable bonds is 7. The van der Waals surface area contributed by atoms with Gasteiger partial charge < -0.3 is 24.3 Å². The Labute approximate surface area is 189 Å². The number of thiazole rings is 1. The number of methoxy groups -OCH3 is 2. The van der Waals surface area contributed by atoms with Crippen molar-refractivity contribution in [3.05, 3.63) is 59.9 Å². The van der Waals surface area contributed by atoms with Crippen LogP contribution in [0.2, 0.25) is 0 Å². The first-order valence-corrected chi connectivity index (χ1v) is 10.8. The van der Waals surface area contributed by atoms with E-state index in [1.54, 1.807) is 25.6 Å². The predicted molar refractivity (Wildman–Crippen MR) is 122 cm³/mol. The fourth-order valence-electron chi connectivity index (χ4n) is 3.49. The lowest BCUT2D eigenvalue weighted by Crippen LogP contribution is -2.01. The standard InChI is InChI=1S/C23H22N4O4S/c1-14-22(18-8-9-27(26-18)16-5-7-19-21(10-16)31-13-30-19)32-23(25-14)24-12-15-4-6-17(28-2)11-20(15)29-3/h4-11H,12-13H2,1-3H3,(H,24,25). The Kier molecular flexibility index (Phi) is 5.32. The van der Waals surface area contributed by atoms with Crippen LogP contribution in [-0.4, -0.2) is 35.8 Å². The van der Waals surface area contributed by atoms with Gasteiger partial charge in [-0.2, -0.15) is 5.10 Å². The molecule has 2 aromatic heterocycles. The molecule has 2 aromatic carbocycles. The minimum atomic E-state index is 0.251. The van der Waals surface area contributed by atoms with Crippen LogP contribution in [0, 0.1) is 6.92 Å². The number of ether oxygens (including phenoxy) is 4. The van der Waals surface area contributed by atoms with Crippen LogP contribution in [0.5, 0.6) is 23.0 Å². The summed E-state index contributed by atoms with van der Waals surface area (Å²) >= 11 is 1.57. The second-order valence-corrected chi connectivity index (χ2v) is 8.15. The van der Waals surface area contributed by atoms with E-state index in [0.717, 1.165) is 55.6 Å². The van der Waals surface area contributed by atoms with E-state index < -0.39 is 0 Å². The summed E-state index contributed by atoms with van der Waals surface area (Å²) < 4.78 is 23.4. The highest BCUT2D eigenvalue weighted by Gasteiger charge is 2.16. The first-order chi connectivity index (χ1) is 15.6. The number of fused-ring (bicyclic) bond motifs is 1. The molecule has 8 nitrogen and oxygen atoms in total.